The van der Waals surface area contributed by atoms with Gasteiger partial charge in [-0.3, -0.25) is 9.59 Å². The minimum Gasteiger partial charge on any atom is -0.481 e. The molecule has 1 fully saturated rings. The number of hydrogen-bond donors (Lipinski definition) is 2. The van der Waals surface area contributed by atoms with E-state index >= 15 is 0 Å². The quantitative estimate of drug-likeness (QED) is 0.831. The lowest BCUT2D eigenvalue weighted by Gasteiger charge is -2.10. The number of carboxylic acids is 1. The standard InChI is InChI=1S/C14H16ClNO3/c15-12-7-9(6-11(12)14(18)19)8-16-13(17)10-4-2-1-3-5-10/h1-5,9,11-12H,6-8H2,(H,16,17)(H,18,19). The molecule has 2 rings (SSSR count). The molecule has 1 aliphatic carbocycles. The molecule has 4 nitrogen and oxygen atoms in total. The maximum absolute atomic E-state index is 11.8. The van der Waals surface area contributed by atoms with Crippen molar-refractivity contribution in [3.63, 3.8) is 0 Å². The molecule has 2 N–H and O–H groups in total. The fourth-order valence-corrected chi connectivity index (χ4v) is 2.90. The fraction of sp³-hybridized carbons (Fsp3) is 0.429. The molecule has 1 aromatic rings. The molecular formula is C14H16ClNO3. The third-order valence-electron chi connectivity index (χ3n) is 3.49. The van der Waals surface area contributed by atoms with Crippen LogP contribution in [0.2, 0.25) is 0 Å². The maximum Gasteiger partial charge on any atom is 0.308 e. The Morgan fingerprint density at radius 3 is 2.53 bits per heavy atom. The minimum atomic E-state index is -0.850. The molecule has 0 spiro atoms. The summed E-state index contributed by atoms with van der Waals surface area (Å²) in [5.41, 5.74) is 0.609. The van der Waals surface area contributed by atoms with E-state index in [0.717, 1.165) is 0 Å². The Morgan fingerprint density at radius 1 is 1.26 bits per heavy atom. The summed E-state index contributed by atoms with van der Waals surface area (Å²) in [7, 11) is 0. The summed E-state index contributed by atoms with van der Waals surface area (Å²) < 4.78 is 0. The SMILES string of the molecule is O=C(NCC1CC(Cl)C(C(=O)O)C1)c1ccccc1. The van der Waals surface area contributed by atoms with Gasteiger partial charge in [-0.05, 0) is 30.9 Å². The molecule has 1 aliphatic rings. The van der Waals surface area contributed by atoms with E-state index in [-0.39, 0.29) is 17.2 Å². The molecule has 3 atom stereocenters. The zero-order chi connectivity index (χ0) is 13.8. The van der Waals surface area contributed by atoms with Crippen molar-refractivity contribution in [2.75, 3.05) is 6.54 Å². The molecule has 0 aliphatic heterocycles. The molecule has 0 bridgehead atoms. The van der Waals surface area contributed by atoms with Gasteiger partial charge in [-0.25, -0.2) is 0 Å². The van der Waals surface area contributed by atoms with Crippen molar-refractivity contribution in [1.82, 2.24) is 5.32 Å². The minimum absolute atomic E-state index is 0.134. The first-order valence-corrected chi connectivity index (χ1v) is 6.71. The van der Waals surface area contributed by atoms with Gasteiger partial charge in [0.1, 0.15) is 0 Å². The van der Waals surface area contributed by atoms with E-state index in [0.29, 0.717) is 24.9 Å². The van der Waals surface area contributed by atoms with Crippen LogP contribution in [0.25, 0.3) is 0 Å². The van der Waals surface area contributed by atoms with Gasteiger partial charge in [0.2, 0.25) is 0 Å². The Kier molecular flexibility index (Phi) is 4.43. The van der Waals surface area contributed by atoms with Gasteiger partial charge in [0.15, 0.2) is 0 Å². The van der Waals surface area contributed by atoms with E-state index in [1.54, 1.807) is 24.3 Å². The first-order valence-electron chi connectivity index (χ1n) is 6.28. The van der Waals surface area contributed by atoms with Gasteiger partial charge in [-0.2, -0.15) is 0 Å². The highest BCUT2D eigenvalue weighted by Crippen LogP contribution is 2.34. The van der Waals surface area contributed by atoms with Crippen molar-refractivity contribution in [3.05, 3.63) is 35.9 Å². The number of benzene rings is 1. The van der Waals surface area contributed by atoms with Crippen LogP contribution < -0.4 is 5.32 Å². The first-order chi connectivity index (χ1) is 9.08. The van der Waals surface area contributed by atoms with Crippen molar-refractivity contribution >= 4 is 23.5 Å². The Morgan fingerprint density at radius 2 is 1.95 bits per heavy atom. The van der Waals surface area contributed by atoms with Crippen molar-refractivity contribution in [3.8, 4) is 0 Å². The van der Waals surface area contributed by atoms with Crippen LogP contribution in [0.15, 0.2) is 30.3 Å². The van der Waals surface area contributed by atoms with Gasteiger partial charge in [0, 0.05) is 17.5 Å². The molecule has 5 heteroatoms. The second-order valence-electron chi connectivity index (χ2n) is 4.87. The van der Waals surface area contributed by atoms with E-state index < -0.39 is 11.9 Å². The maximum atomic E-state index is 11.8. The molecule has 3 unspecified atom stereocenters. The van der Waals surface area contributed by atoms with E-state index in [1.165, 1.54) is 0 Å². The van der Waals surface area contributed by atoms with Gasteiger partial charge >= 0.3 is 5.97 Å². The van der Waals surface area contributed by atoms with E-state index in [2.05, 4.69) is 5.32 Å². The molecule has 0 heterocycles. The van der Waals surface area contributed by atoms with Gasteiger partial charge in [0.05, 0.1) is 5.92 Å². The normalized spacial score (nSPS) is 26.1. The highest BCUT2D eigenvalue weighted by molar-refractivity contribution is 6.22. The van der Waals surface area contributed by atoms with Gasteiger partial charge in [0.25, 0.3) is 5.91 Å². The number of aliphatic carboxylic acids is 1. The summed E-state index contributed by atoms with van der Waals surface area (Å²) in [6.07, 6.45) is 1.16. The van der Waals surface area contributed by atoms with Crippen LogP contribution in [0.3, 0.4) is 0 Å². The van der Waals surface area contributed by atoms with Crippen LogP contribution in [-0.2, 0) is 4.79 Å². The lowest BCUT2D eigenvalue weighted by atomic mass is 10.1. The molecule has 0 aromatic heterocycles. The summed E-state index contributed by atoms with van der Waals surface area (Å²) in [4.78, 5) is 22.8. The van der Waals surface area contributed by atoms with Gasteiger partial charge in [-0.1, -0.05) is 18.2 Å². The van der Waals surface area contributed by atoms with Crippen molar-refractivity contribution in [2.24, 2.45) is 11.8 Å². The zero-order valence-electron chi connectivity index (χ0n) is 10.4. The molecule has 19 heavy (non-hydrogen) atoms. The summed E-state index contributed by atoms with van der Waals surface area (Å²) in [5.74, 6) is -1.35. The summed E-state index contributed by atoms with van der Waals surface area (Å²) in [6, 6.07) is 8.95. The van der Waals surface area contributed by atoms with Crippen LogP contribution in [-0.4, -0.2) is 28.9 Å². The van der Waals surface area contributed by atoms with Crippen LogP contribution in [0.1, 0.15) is 23.2 Å². The topological polar surface area (TPSA) is 66.4 Å². The average Bonchev–Trinajstić information content (AvgIpc) is 2.78. The van der Waals surface area contributed by atoms with Crippen LogP contribution in [0.5, 0.6) is 0 Å². The molecule has 102 valence electrons. The highest BCUT2D eigenvalue weighted by atomic mass is 35.5. The van der Waals surface area contributed by atoms with Crippen molar-refractivity contribution < 1.29 is 14.7 Å². The van der Waals surface area contributed by atoms with E-state index in [4.69, 9.17) is 16.7 Å². The van der Waals surface area contributed by atoms with Crippen LogP contribution in [0, 0.1) is 11.8 Å². The van der Waals surface area contributed by atoms with Crippen LogP contribution in [0.4, 0.5) is 0 Å². The zero-order valence-corrected chi connectivity index (χ0v) is 11.1. The summed E-state index contributed by atoms with van der Waals surface area (Å²) in [6.45, 7) is 0.473. The molecule has 1 aromatic carbocycles. The number of halogens is 1. The smallest absolute Gasteiger partial charge is 0.308 e. The van der Waals surface area contributed by atoms with Gasteiger partial charge < -0.3 is 10.4 Å². The largest absolute Gasteiger partial charge is 0.481 e. The average molecular weight is 282 g/mol. The van der Waals surface area contributed by atoms with E-state index in [9.17, 15) is 9.59 Å². The van der Waals surface area contributed by atoms with Gasteiger partial charge in [-0.15, -0.1) is 11.6 Å². The molecular weight excluding hydrogens is 266 g/mol. The third kappa shape index (κ3) is 3.47. The number of hydrogen-bond acceptors (Lipinski definition) is 2. The Bertz CT molecular complexity index is 463. The van der Waals surface area contributed by atoms with Crippen molar-refractivity contribution in [2.45, 2.75) is 18.2 Å². The number of nitrogens with one attached hydrogen (secondary N) is 1. The Labute approximate surface area is 116 Å². The number of carbonyl (C=O) groups excluding carboxylic acids is 1. The fourth-order valence-electron chi connectivity index (χ4n) is 2.44. The molecule has 1 amide bonds. The number of amides is 1. The summed E-state index contributed by atoms with van der Waals surface area (Å²) >= 11 is 6.01. The number of carboxylic acid groups (broad SMARTS) is 1. The highest BCUT2D eigenvalue weighted by Gasteiger charge is 2.37. The van der Waals surface area contributed by atoms with E-state index in [1.807, 2.05) is 6.07 Å². The Balaban J connectivity index is 1.84. The predicted molar refractivity (Wildman–Crippen MR) is 72.3 cm³/mol. The number of rotatable bonds is 4. The first kappa shape index (κ1) is 13.9. The molecule has 1 saturated carbocycles. The van der Waals surface area contributed by atoms with Crippen LogP contribution >= 0.6 is 11.6 Å². The molecule has 0 radical (unpaired) electrons. The monoisotopic (exact) mass is 281 g/mol. The number of alkyl halides is 1. The number of carbonyl (C=O) groups is 2. The molecule has 0 saturated heterocycles. The third-order valence-corrected chi connectivity index (χ3v) is 3.97. The lowest BCUT2D eigenvalue weighted by molar-refractivity contribution is -0.141. The van der Waals surface area contributed by atoms with Crippen molar-refractivity contribution in [1.29, 1.82) is 0 Å². The lowest BCUT2D eigenvalue weighted by Crippen LogP contribution is -2.28. The second kappa shape index (κ2) is 6.06. The predicted octanol–water partition coefficient (Wildman–Crippen LogP) is 2.13. The second-order valence-corrected chi connectivity index (χ2v) is 5.43. The summed E-state index contributed by atoms with van der Waals surface area (Å²) in [5, 5.41) is 11.5. The Hall–Kier alpha value is -1.55.